The molecule has 0 saturated carbocycles. The first kappa shape index (κ1) is 14.0. The minimum atomic E-state index is -0.900. The summed E-state index contributed by atoms with van der Waals surface area (Å²) in [5.74, 6) is -0.411. The molecule has 0 spiro atoms. The van der Waals surface area contributed by atoms with Gasteiger partial charge in [0.15, 0.2) is 5.82 Å². The van der Waals surface area contributed by atoms with Gasteiger partial charge in [-0.1, -0.05) is 11.6 Å². The van der Waals surface area contributed by atoms with Crippen molar-refractivity contribution in [2.45, 2.75) is 19.4 Å². The molecule has 0 amide bonds. The third-order valence-corrected chi connectivity index (χ3v) is 3.79. The Bertz CT molecular complexity index is 616. The van der Waals surface area contributed by atoms with Crippen molar-refractivity contribution in [1.82, 2.24) is 20.2 Å². The molecule has 1 N–H and O–H groups in total. The summed E-state index contributed by atoms with van der Waals surface area (Å²) in [6, 6.07) is 4.98. The molecule has 0 radical (unpaired) electrons. The first-order chi connectivity index (χ1) is 8.99. The number of carboxylic acids is 1. The van der Waals surface area contributed by atoms with Crippen LogP contribution in [0.15, 0.2) is 22.7 Å². The molecule has 0 saturated heterocycles. The van der Waals surface area contributed by atoms with E-state index in [4.69, 9.17) is 16.7 Å². The van der Waals surface area contributed by atoms with Gasteiger partial charge in [-0.05, 0) is 51.5 Å². The van der Waals surface area contributed by atoms with Crippen LogP contribution < -0.4 is 0 Å². The summed E-state index contributed by atoms with van der Waals surface area (Å²) in [5, 5.41) is 20.7. The zero-order valence-corrected chi connectivity index (χ0v) is 12.3. The van der Waals surface area contributed by atoms with Crippen molar-refractivity contribution < 1.29 is 9.90 Å². The second-order valence-corrected chi connectivity index (χ2v) is 5.28. The number of hydrogen-bond donors (Lipinski definition) is 1. The first-order valence-electron chi connectivity index (χ1n) is 5.44. The summed E-state index contributed by atoms with van der Waals surface area (Å²) >= 11 is 9.33. The Kier molecular flexibility index (Phi) is 4.16. The Labute approximate surface area is 122 Å². The molecule has 2 aromatic rings. The number of rotatable bonds is 4. The topological polar surface area (TPSA) is 80.9 Å². The fourth-order valence-electron chi connectivity index (χ4n) is 1.65. The number of hydrogen-bond acceptors (Lipinski definition) is 4. The lowest BCUT2D eigenvalue weighted by Gasteiger charge is -2.11. The van der Waals surface area contributed by atoms with Gasteiger partial charge in [0.05, 0.1) is 17.5 Å². The number of carboxylic acid groups (broad SMARTS) is 1. The maximum Gasteiger partial charge on any atom is 0.305 e. The smallest absolute Gasteiger partial charge is 0.305 e. The highest BCUT2D eigenvalue weighted by Crippen LogP contribution is 2.28. The number of nitrogens with zero attached hydrogens (tertiary/aromatic N) is 4. The summed E-state index contributed by atoms with van der Waals surface area (Å²) in [5.41, 5.74) is 0.732. The van der Waals surface area contributed by atoms with Crippen LogP contribution in [0.3, 0.4) is 0 Å². The van der Waals surface area contributed by atoms with E-state index in [0.29, 0.717) is 10.8 Å². The molecule has 19 heavy (non-hydrogen) atoms. The minimum Gasteiger partial charge on any atom is -0.481 e. The molecule has 1 aromatic carbocycles. The summed E-state index contributed by atoms with van der Waals surface area (Å²) < 4.78 is 2.25. The Morgan fingerprint density at radius 3 is 2.95 bits per heavy atom. The summed E-state index contributed by atoms with van der Waals surface area (Å²) in [6.45, 7) is 1.74. The van der Waals surface area contributed by atoms with Crippen LogP contribution in [0.25, 0.3) is 11.4 Å². The van der Waals surface area contributed by atoms with E-state index in [-0.39, 0.29) is 12.5 Å². The number of halogens is 2. The van der Waals surface area contributed by atoms with E-state index in [2.05, 4.69) is 31.5 Å². The van der Waals surface area contributed by atoms with Gasteiger partial charge in [-0.2, -0.15) is 0 Å². The number of tetrazole rings is 1. The lowest BCUT2D eigenvalue weighted by molar-refractivity contribution is -0.137. The van der Waals surface area contributed by atoms with Crippen molar-refractivity contribution >= 4 is 33.5 Å². The summed E-state index contributed by atoms with van der Waals surface area (Å²) in [7, 11) is 0. The molecule has 1 aromatic heterocycles. The molecule has 0 aliphatic heterocycles. The van der Waals surface area contributed by atoms with Crippen LogP contribution in [0.4, 0.5) is 0 Å². The van der Waals surface area contributed by atoms with Gasteiger partial charge in [-0.15, -0.1) is 5.10 Å². The van der Waals surface area contributed by atoms with Crippen molar-refractivity contribution in [3.8, 4) is 11.4 Å². The van der Waals surface area contributed by atoms with Gasteiger partial charge in [0.1, 0.15) is 0 Å². The SMILES string of the molecule is CC(CC(=O)O)n1nnnc1-c1ccc(Br)c(Cl)c1. The van der Waals surface area contributed by atoms with E-state index in [9.17, 15) is 4.79 Å². The van der Waals surface area contributed by atoms with Crippen LogP contribution in [-0.2, 0) is 4.79 Å². The Balaban J connectivity index is 2.38. The molecule has 0 aliphatic carbocycles. The molecule has 0 aliphatic rings. The highest BCUT2D eigenvalue weighted by atomic mass is 79.9. The highest BCUT2D eigenvalue weighted by Gasteiger charge is 2.17. The van der Waals surface area contributed by atoms with Crippen molar-refractivity contribution in [2.75, 3.05) is 0 Å². The van der Waals surface area contributed by atoms with E-state index in [1.807, 2.05) is 6.07 Å². The molecule has 2 rings (SSSR count). The molecule has 0 bridgehead atoms. The highest BCUT2D eigenvalue weighted by molar-refractivity contribution is 9.10. The van der Waals surface area contributed by atoms with Gasteiger partial charge >= 0.3 is 5.97 Å². The predicted molar refractivity (Wildman–Crippen MR) is 72.9 cm³/mol. The average Bonchev–Trinajstić information content (AvgIpc) is 2.81. The van der Waals surface area contributed by atoms with Gasteiger partial charge < -0.3 is 5.11 Å². The Hall–Kier alpha value is -1.47. The van der Waals surface area contributed by atoms with Crippen LogP contribution in [-0.4, -0.2) is 31.3 Å². The molecule has 6 nitrogen and oxygen atoms in total. The largest absolute Gasteiger partial charge is 0.481 e. The van der Waals surface area contributed by atoms with E-state index in [1.165, 1.54) is 4.68 Å². The van der Waals surface area contributed by atoms with Crippen molar-refractivity contribution in [1.29, 1.82) is 0 Å². The molecule has 1 heterocycles. The molecule has 0 fully saturated rings. The van der Waals surface area contributed by atoms with Gasteiger partial charge in [-0.25, -0.2) is 4.68 Å². The van der Waals surface area contributed by atoms with E-state index < -0.39 is 5.97 Å². The summed E-state index contributed by atoms with van der Waals surface area (Å²) in [4.78, 5) is 10.7. The van der Waals surface area contributed by atoms with Crippen LogP contribution >= 0.6 is 27.5 Å². The first-order valence-corrected chi connectivity index (χ1v) is 6.61. The molecular formula is C11H10BrClN4O2. The third-order valence-electron chi connectivity index (χ3n) is 2.56. The van der Waals surface area contributed by atoms with E-state index >= 15 is 0 Å². The second kappa shape index (κ2) is 5.66. The molecule has 100 valence electrons. The number of carbonyl (C=O) groups is 1. The monoisotopic (exact) mass is 344 g/mol. The average molecular weight is 346 g/mol. The van der Waals surface area contributed by atoms with Crippen molar-refractivity contribution in [2.24, 2.45) is 0 Å². The Morgan fingerprint density at radius 2 is 2.32 bits per heavy atom. The molecule has 1 atom stereocenters. The van der Waals surface area contributed by atoms with Gasteiger partial charge in [0.25, 0.3) is 0 Å². The van der Waals surface area contributed by atoms with Crippen molar-refractivity contribution in [3.63, 3.8) is 0 Å². The van der Waals surface area contributed by atoms with Crippen LogP contribution in [0.2, 0.25) is 5.02 Å². The number of aliphatic carboxylic acids is 1. The van der Waals surface area contributed by atoms with Crippen LogP contribution in [0, 0.1) is 0 Å². The van der Waals surface area contributed by atoms with Crippen molar-refractivity contribution in [3.05, 3.63) is 27.7 Å². The molecule has 8 heteroatoms. The zero-order valence-electron chi connectivity index (χ0n) is 9.92. The van der Waals surface area contributed by atoms with E-state index in [1.54, 1.807) is 19.1 Å². The molecular weight excluding hydrogens is 336 g/mol. The maximum atomic E-state index is 10.7. The lowest BCUT2D eigenvalue weighted by atomic mass is 10.2. The van der Waals surface area contributed by atoms with Crippen LogP contribution in [0.1, 0.15) is 19.4 Å². The normalized spacial score (nSPS) is 12.4. The zero-order chi connectivity index (χ0) is 14.0. The summed E-state index contributed by atoms with van der Waals surface area (Å²) in [6.07, 6.45) is -0.0533. The van der Waals surface area contributed by atoms with Gasteiger partial charge in [-0.3, -0.25) is 4.79 Å². The minimum absolute atomic E-state index is 0.0533. The van der Waals surface area contributed by atoms with Gasteiger partial charge in [0.2, 0.25) is 0 Å². The van der Waals surface area contributed by atoms with Gasteiger partial charge in [0, 0.05) is 10.0 Å². The fourth-order valence-corrected chi connectivity index (χ4v) is 2.08. The predicted octanol–water partition coefficient (Wildman–Crippen LogP) is 2.79. The number of aromatic nitrogens is 4. The standard InChI is InChI=1S/C11H10BrClN4O2/c1-6(4-10(18)19)17-11(14-15-16-17)7-2-3-8(12)9(13)5-7/h2-3,5-6H,4H2,1H3,(H,18,19). The van der Waals surface area contributed by atoms with Crippen LogP contribution in [0.5, 0.6) is 0 Å². The third kappa shape index (κ3) is 3.10. The lowest BCUT2D eigenvalue weighted by Crippen LogP contribution is -2.13. The Morgan fingerprint density at radius 1 is 1.58 bits per heavy atom. The van der Waals surface area contributed by atoms with E-state index in [0.717, 1.165) is 10.0 Å². The number of benzene rings is 1. The quantitative estimate of drug-likeness (QED) is 0.921. The molecule has 1 unspecified atom stereocenters. The fraction of sp³-hybridized carbons (Fsp3) is 0.273. The second-order valence-electron chi connectivity index (χ2n) is 4.02. The maximum absolute atomic E-state index is 10.7.